The minimum atomic E-state index is -0.504. The van der Waals surface area contributed by atoms with Gasteiger partial charge >= 0.3 is 0 Å². The largest absolute Gasteiger partial charge is 0.389 e. The lowest BCUT2D eigenvalue weighted by Crippen LogP contribution is -2.44. The Balaban J connectivity index is 1.86. The summed E-state index contributed by atoms with van der Waals surface area (Å²) in [5.74, 6) is 0. The molecular formula is C11H17NOS. The molecule has 0 aromatic carbocycles. The van der Waals surface area contributed by atoms with Crippen LogP contribution in [0.5, 0.6) is 0 Å². The van der Waals surface area contributed by atoms with Crippen LogP contribution in [0, 0.1) is 0 Å². The SMILES string of the molecule is CC1(O)CCCC1NCc1ccsc1. The van der Waals surface area contributed by atoms with Crippen LogP contribution < -0.4 is 5.32 Å². The average Bonchev–Trinajstić information content (AvgIpc) is 2.71. The Bertz CT molecular complexity index is 281. The highest BCUT2D eigenvalue weighted by Crippen LogP contribution is 2.29. The third-order valence-corrected chi connectivity index (χ3v) is 3.79. The molecule has 1 aliphatic rings. The summed E-state index contributed by atoms with van der Waals surface area (Å²) in [6, 6.07) is 2.39. The van der Waals surface area contributed by atoms with Gasteiger partial charge in [0.05, 0.1) is 5.60 Å². The molecule has 1 fully saturated rings. The van der Waals surface area contributed by atoms with E-state index in [0.29, 0.717) is 0 Å². The van der Waals surface area contributed by atoms with Gasteiger partial charge in [-0.2, -0.15) is 11.3 Å². The zero-order chi connectivity index (χ0) is 10.0. The first-order valence-electron chi connectivity index (χ1n) is 5.15. The maximum Gasteiger partial charge on any atom is 0.0772 e. The number of nitrogens with one attached hydrogen (secondary N) is 1. The van der Waals surface area contributed by atoms with E-state index in [4.69, 9.17) is 0 Å². The fraction of sp³-hybridized carbons (Fsp3) is 0.636. The van der Waals surface area contributed by atoms with Crippen molar-refractivity contribution in [1.82, 2.24) is 5.32 Å². The summed E-state index contributed by atoms with van der Waals surface area (Å²) >= 11 is 1.72. The van der Waals surface area contributed by atoms with E-state index < -0.39 is 5.60 Å². The Labute approximate surface area is 89.0 Å². The van der Waals surface area contributed by atoms with Crippen LogP contribution in [0.2, 0.25) is 0 Å². The zero-order valence-electron chi connectivity index (χ0n) is 8.49. The number of rotatable bonds is 3. The second-order valence-corrected chi connectivity index (χ2v) is 5.09. The van der Waals surface area contributed by atoms with Gasteiger partial charge in [-0.1, -0.05) is 0 Å². The van der Waals surface area contributed by atoms with Crippen molar-refractivity contribution >= 4 is 11.3 Å². The third kappa shape index (κ3) is 2.16. The van der Waals surface area contributed by atoms with E-state index in [1.165, 1.54) is 5.56 Å². The summed E-state index contributed by atoms with van der Waals surface area (Å²) in [5, 5.41) is 17.7. The molecule has 2 rings (SSSR count). The Morgan fingerprint density at radius 2 is 2.57 bits per heavy atom. The molecule has 0 radical (unpaired) electrons. The van der Waals surface area contributed by atoms with Crippen LogP contribution in [0.1, 0.15) is 31.7 Å². The third-order valence-electron chi connectivity index (χ3n) is 3.06. The molecule has 2 unspecified atom stereocenters. The van der Waals surface area contributed by atoms with Crippen LogP contribution in [0.3, 0.4) is 0 Å². The second-order valence-electron chi connectivity index (χ2n) is 4.31. The summed E-state index contributed by atoms with van der Waals surface area (Å²) in [6.45, 7) is 2.82. The van der Waals surface area contributed by atoms with Crippen LogP contribution in [-0.2, 0) is 6.54 Å². The summed E-state index contributed by atoms with van der Waals surface area (Å²) in [6.07, 6.45) is 3.15. The van der Waals surface area contributed by atoms with E-state index in [1.54, 1.807) is 11.3 Å². The first kappa shape index (κ1) is 10.1. The summed E-state index contributed by atoms with van der Waals surface area (Å²) in [7, 11) is 0. The van der Waals surface area contributed by atoms with Crippen LogP contribution >= 0.6 is 11.3 Å². The normalized spacial score (nSPS) is 32.3. The molecular weight excluding hydrogens is 194 g/mol. The van der Waals surface area contributed by atoms with E-state index in [2.05, 4.69) is 22.1 Å². The van der Waals surface area contributed by atoms with E-state index in [1.807, 2.05) is 6.92 Å². The molecule has 0 saturated heterocycles. The topological polar surface area (TPSA) is 32.3 Å². The molecule has 2 atom stereocenters. The standard InChI is InChI=1S/C11H17NOS/c1-11(13)5-2-3-10(11)12-7-9-4-6-14-8-9/h4,6,8,10,12-13H,2-3,5,7H2,1H3. The minimum Gasteiger partial charge on any atom is -0.389 e. The van der Waals surface area contributed by atoms with E-state index in [-0.39, 0.29) is 6.04 Å². The van der Waals surface area contributed by atoms with Crippen LogP contribution in [0.25, 0.3) is 0 Å². The number of aliphatic hydroxyl groups is 1. The van der Waals surface area contributed by atoms with E-state index >= 15 is 0 Å². The first-order chi connectivity index (χ1) is 6.68. The fourth-order valence-electron chi connectivity index (χ4n) is 2.11. The van der Waals surface area contributed by atoms with Crippen molar-refractivity contribution in [3.63, 3.8) is 0 Å². The van der Waals surface area contributed by atoms with Gasteiger partial charge in [-0.25, -0.2) is 0 Å². The molecule has 1 heterocycles. The number of hydrogen-bond acceptors (Lipinski definition) is 3. The lowest BCUT2D eigenvalue weighted by atomic mass is 10.0. The fourth-order valence-corrected chi connectivity index (χ4v) is 2.77. The van der Waals surface area contributed by atoms with Gasteiger partial charge in [0.25, 0.3) is 0 Å². The first-order valence-corrected chi connectivity index (χ1v) is 6.09. The Morgan fingerprint density at radius 1 is 1.71 bits per heavy atom. The Hall–Kier alpha value is -0.380. The monoisotopic (exact) mass is 211 g/mol. The molecule has 3 heteroatoms. The van der Waals surface area contributed by atoms with E-state index in [9.17, 15) is 5.11 Å². The molecule has 2 nitrogen and oxygen atoms in total. The Morgan fingerprint density at radius 3 is 3.14 bits per heavy atom. The number of hydrogen-bond donors (Lipinski definition) is 2. The van der Waals surface area contributed by atoms with E-state index in [0.717, 1.165) is 25.8 Å². The molecule has 0 aliphatic heterocycles. The van der Waals surface area contributed by atoms with Gasteiger partial charge in [0.1, 0.15) is 0 Å². The van der Waals surface area contributed by atoms with Gasteiger partial charge < -0.3 is 10.4 Å². The summed E-state index contributed by atoms with van der Waals surface area (Å²) < 4.78 is 0. The van der Waals surface area contributed by atoms with Gasteiger partial charge in [-0.15, -0.1) is 0 Å². The Kier molecular flexibility index (Phi) is 2.91. The molecule has 78 valence electrons. The maximum atomic E-state index is 10.0. The predicted molar refractivity (Wildman–Crippen MR) is 59.4 cm³/mol. The molecule has 1 aromatic heterocycles. The molecule has 1 aromatic rings. The minimum absolute atomic E-state index is 0.266. The van der Waals surface area contributed by atoms with Crippen LogP contribution in [0.4, 0.5) is 0 Å². The van der Waals surface area contributed by atoms with Crippen LogP contribution in [-0.4, -0.2) is 16.7 Å². The molecule has 1 saturated carbocycles. The van der Waals surface area contributed by atoms with Crippen LogP contribution in [0.15, 0.2) is 16.8 Å². The quantitative estimate of drug-likeness (QED) is 0.803. The van der Waals surface area contributed by atoms with Gasteiger partial charge in [-0.3, -0.25) is 0 Å². The highest BCUT2D eigenvalue weighted by atomic mass is 32.1. The second kappa shape index (κ2) is 4.01. The van der Waals surface area contributed by atoms with Crippen molar-refractivity contribution < 1.29 is 5.11 Å². The summed E-state index contributed by atoms with van der Waals surface area (Å²) in [4.78, 5) is 0. The van der Waals surface area contributed by atoms with Gasteiger partial charge in [-0.05, 0) is 48.6 Å². The highest BCUT2D eigenvalue weighted by Gasteiger charge is 2.36. The number of thiophene rings is 1. The lowest BCUT2D eigenvalue weighted by Gasteiger charge is -2.26. The molecule has 1 aliphatic carbocycles. The predicted octanol–water partition coefficient (Wildman–Crippen LogP) is 2.14. The zero-order valence-corrected chi connectivity index (χ0v) is 9.31. The van der Waals surface area contributed by atoms with Crippen molar-refractivity contribution in [3.05, 3.63) is 22.4 Å². The van der Waals surface area contributed by atoms with Crippen molar-refractivity contribution in [2.45, 2.75) is 44.4 Å². The van der Waals surface area contributed by atoms with Crippen molar-refractivity contribution in [2.24, 2.45) is 0 Å². The van der Waals surface area contributed by atoms with Crippen molar-refractivity contribution in [2.75, 3.05) is 0 Å². The maximum absolute atomic E-state index is 10.0. The lowest BCUT2D eigenvalue weighted by molar-refractivity contribution is 0.0387. The molecule has 14 heavy (non-hydrogen) atoms. The van der Waals surface area contributed by atoms with Crippen molar-refractivity contribution in [1.29, 1.82) is 0 Å². The molecule has 2 N–H and O–H groups in total. The van der Waals surface area contributed by atoms with Crippen molar-refractivity contribution in [3.8, 4) is 0 Å². The smallest absolute Gasteiger partial charge is 0.0772 e. The van der Waals surface area contributed by atoms with Gasteiger partial charge in [0.15, 0.2) is 0 Å². The summed E-state index contributed by atoms with van der Waals surface area (Å²) in [5.41, 5.74) is 0.813. The average molecular weight is 211 g/mol. The van der Waals surface area contributed by atoms with Gasteiger partial charge in [0.2, 0.25) is 0 Å². The van der Waals surface area contributed by atoms with Gasteiger partial charge in [0, 0.05) is 12.6 Å². The molecule has 0 bridgehead atoms. The highest BCUT2D eigenvalue weighted by molar-refractivity contribution is 7.07. The molecule has 0 amide bonds. The molecule has 0 spiro atoms.